The molecule has 0 atom stereocenters. The second-order valence-electron chi connectivity index (χ2n) is 7.05. The molecule has 4 rings (SSSR count). The van der Waals surface area contributed by atoms with Gasteiger partial charge in [0.1, 0.15) is 5.82 Å². The maximum Gasteiger partial charge on any atom is 0.257 e. The van der Waals surface area contributed by atoms with Gasteiger partial charge in [-0.1, -0.05) is 18.2 Å². The third-order valence-corrected chi connectivity index (χ3v) is 4.84. The molecule has 6 nitrogen and oxygen atoms in total. The van der Waals surface area contributed by atoms with Gasteiger partial charge >= 0.3 is 0 Å². The van der Waals surface area contributed by atoms with Gasteiger partial charge in [-0.25, -0.2) is 9.97 Å². The number of rotatable bonds is 5. The van der Waals surface area contributed by atoms with Crippen molar-refractivity contribution >= 4 is 39.9 Å². The maximum atomic E-state index is 12.3. The van der Waals surface area contributed by atoms with E-state index in [4.69, 9.17) is 11.6 Å². The molecule has 0 aliphatic rings. The average Bonchev–Trinajstić information content (AvgIpc) is 2.73. The van der Waals surface area contributed by atoms with E-state index in [1.165, 1.54) is 0 Å². The van der Waals surface area contributed by atoms with E-state index in [2.05, 4.69) is 25.6 Å². The van der Waals surface area contributed by atoms with Crippen LogP contribution in [0.2, 0.25) is 5.28 Å². The van der Waals surface area contributed by atoms with Crippen molar-refractivity contribution in [3.63, 3.8) is 0 Å². The summed E-state index contributed by atoms with van der Waals surface area (Å²) in [6, 6.07) is 17.2. The summed E-state index contributed by atoms with van der Waals surface area (Å²) < 4.78 is 0. The Morgan fingerprint density at radius 3 is 2.53 bits per heavy atom. The van der Waals surface area contributed by atoms with Crippen LogP contribution in [0.1, 0.15) is 27.2 Å². The summed E-state index contributed by atoms with van der Waals surface area (Å²) in [5.41, 5.74) is 5.07. The number of anilines is 2. The van der Waals surface area contributed by atoms with Crippen LogP contribution in [0.4, 0.5) is 11.5 Å². The van der Waals surface area contributed by atoms with Crippen molar-refractivity contribution in [3.05, 3.63) is 88.5 Å². The number of nitrogens with zero attached hydrogens (tertiary/aromatic N) is 3. The Morgan fingerprint density at radius 2 is 1.80 bits per heavy atom. The van der Waals surface area contributed by atoms with Gasteiger partial charge in [0.05, 0.1) is 11.1 Å². The van der Waals surface area contributed by atoms with E-state index in [1.54, 1.807) is 12.3 Å². The fraction of sp³-hybridized carbons (Fsp3) is 0.130. The number of pyridine rings is 1. The molecule has 4 aromatic rings. The van der Waals surface area contributed by atoms with Gasteiger partial charge in [-0.05, 0) is 73.0 Å². The molecule has 0 aliphatic carbocycles. The highest BCUT2D eigenvalue weighted by molar-refractivity contribution is 6.28. The topological polar surface area (TPSA) is 79.8 Å². The van der Waals surface area contributed by atoms with Crippen LogP contribution in [-0.4, -0.2) is 20.9 Å². The fourth-order valence-electron chi connectivity index (χ4n) is 3.04. The summed E-state index contributed by atoms with van der Waals surface area (Å²) in [5.74, 6) is 0.500. The first kappa shape index (κ1) is 19.8. The number of hydrogen-bond donors (Lipinski definition) is 2. The molecule has 2 aromatic carbocycles. The standard InChI is InChI=1S/C23H20ClN5O/c1-14-3-10-19-20(11-14)28-23(24)29-21(19)26-12-16-5-8-18(9-6-16)27-22(30)17-7-4-15(2)25-13-17/h3-11,13H,12H2,1-2H3,(H,27,30)(H,26,28,29). The van der Waals surface area contributed by atoms with E-state index >= 15 is 0 Å². The van der Waals surface area contributed by atoms with Gasteiger partial charge in [-0.15, -0.1) is 0 Å². The van der Waals surface area contributed by atoms with Gasteiger partial charge < -0.3 is 10.6 Å². The predicted octanol–water partition coefficient (Wildman–Crippen LogP) is 5.16. The summed E-state index contributed by atoms with van der Waals surface area (Å²) in [4.78, 5) is 25.1. The quantitative estimate of drug-likeness (QED) is 0.438. The second-order valence-corrected chi connectivity index (χ2v) is 7.39. The van der Waals surface area contributed by atoms with Crippen molar-refractivity contribution in [2.45, 2.75) is 20.4 Å². The zero-order chi connectivity index (χ0) is 21.1. The Morgan fingerprint density at radius 1 is 1.00 bits per heavy atom. The first-order valence-electron chi connectivity index (χ1n) is 9.49. The number of benzene rings is 2. The Kier molecular flexibility index (Phi) is 5.59. The third kappa shape index (κ3) is 4.55. The normalized spacial score (nSPS) is 10.8. The molecule has 2 aromatic heterocycles. The van der Waals surface area contributed by atoms with Gasteiger partial charge in [0.25, 0.3) is 5.91 Å². The molecule has 0 spiro atoms. The molecule has 150 valence electrons. The number of nitrogens with one attached hydrogen (secondary N) is 2. The van der Waals surface area contributed by atoms with Crippen molar-refractivity contribution in [3.8, 4) is 0 Å². The molecule has 0 fully saturated rings. The Hall–Kier alpha value is -3.51. The molecule has 0 radical (unpaired) electrons. The zero-order valence-corrected chi connectivity index (χ0v) is 17.4. The van der Waals surface area contributed by atoms with Crippen LogP contribution in [0.15, 0.2) is 60.8 Å². The maximum absolute atomic E-state index is 12.3. The summed E-state index contributed by atoms with van der Waals surface area (Å²) in [6.45, 7) is 4.46. The Balaban J connectivity index is 1.43. The highest BCUT2D eigenvalue weighted by atomic mass is 35.5. The van der Waals surface area contributed by atoms with Crippen LogP contribution in [0, 0.1) is 13.8 Å². The summed E-state index contributed by atoms with van der Waals surface area (Å²) in [6.07, 6.45) is 1.57. The number of carbonyl (C=O) groups excluding carboxylic acids is 1. The third-order valence-electron chi connectivity index (χ3n) is 4.67. The van der Waals surface area contributed by atoms with Crippen molar-refractivity contribution in [2.75, 3.05) is 10.6 Å². The monoisotopic (exact) mass is 417 g/mol. The number of hydrogen-bond acceptors (Lipinski definition) is 5. The van der Waals surface area contributed by atoms with Crippen molar-refractivity contribution < 1.29 is 4.79 Å². The smallest absolute Gasteiger partial charge is 0.257 e. The van der Waals surface area contributed by atoms with E-state index in [0.29, 0.717) is 17.9 Å². The fourth-order valence-corrected chi connectivity index (χ4v) is 3.22. The molecule has 2 heterocycles. The minimum atomic E-state index is -0.189. The molecule has 0 bridgehead atoms. The van der Waals surface area contributed by atoms with Crippen LogP contribution >= 0.6 is 11.6 Å². The molecule has 0 unspecified atom stereocenters. The molecule has 0 saturated heterocycles. The first-order valence-corrected chi connectivity index (χ1v) is 9.86. The highest BCUT2D eigenvalue weighted by Gasteiger charge is 2.08. The highest BCUT2D eigenvalue weighted by Crippen LogP contribution is 2.24. The predicted molar refractivity (Wildman–Crippen MR) is 120 cm³/mol. The molecule has 30 heavy (non-hydrogen) atoms. The second kappa shape index (κ2) is 8.47. The van der Waals surface area contributed by atoms with Gasteiger partial charge in [0.2, 0.25) is 5.28 Å². The van der Waals surface area contributed by atoms with Crippen LogP contribution in [0.25, 0.3) is 10.9 Å². The average molecular weight is 418 g/mol. The van der Waals surface area contributed by atoms with E-state index in [0.717, 1.165) is 33.4 Å². The summed E-state index contributed by atoms with van der Waals surface area (Å²) in [5, 5.41) is 7.33. The molecule has 0 aliphatic heterocycles. The van der Waals surface area contributed by atoms with E-state index < -0.39 is 0 Å². The van der Waals surface area contributed by atoms with E-state index in [1.807, 2.05) is 62.4 Å². The zero-order valence-electron chi connectivity index (χ0n) is 16.6. The Bertz CT molecular complexity index is 1200. The molecule has 2 N–H and O–H groups in total. The molecule has 0 saturated carbocycles. The lowest BCUT2D eigenvalue weighted by atomic mass is 10.1. The van der Waals surface area contributed by atoms with Crippen LogP contribution in [0.5, 0.6) is 0 Å². The Labute approximate surface area is 179 Å². The minimum absolute atomic E-state index is 0.189. The van der Waals surface area contributed by atoms with Gasteiger partial charge in [-0.2, -0.15) is 0 Å². The number of halogens is 1. The van der Waals surface area contributed by atoms with Crippen molar-refractivity contribution in [1.82, 2.24) is 15.0 Å². The van der Waals surface area contributed by atoms with Crippen LogP contribution in [0.3, 0.4) is 0 Å². The summed E-state index contributed by atoms with van der Waals surface area (Å²) >= 11 is 6.08. The molecule has 1 amide bonds. The van der Waals surface area contributed by atoms with Crippen LogP contribution in [-0.2, 0) is 6.54 Å². The lowest BCUT2D eigenvalue weighted by molar-refractivity contribution is 0.102. The van der Waals surface area contributed by atoms with Crippen molar-refractivity contribution in [2.24, 2.45) is 0 Å². The first-order chi connectivity index (χ1) is 14.5. The summed E-state index contributed by atoms with van der Waals surface area (Å²) in [7, 11) is 0. The van der Waals surface area contributed by atoms with E-state index in [9.17, 15) is 4.79 Å². The number of aryl methyl sites for hydroxylation is 2. The minimum Gasteiger partial charge on any atom is -0.365 e. The number of amides is 1. The number of carbonyl (C=O) groups is 1. The van der Waals surface area contributed by atoms with Crippen molar-refractivity contribution in [1.29, 1.82) is 0 Å². The van der Waals surface area contributed by atoms with E-state index in [-0.39, 0.29) is 11.2 Å². The van der Waals surface area contributed by atoms with Gasteiger partial charge in [0.15, 0.2) is 0 Å². The molecule has 7 heteroatoms. The van der Waals surface area contributed by atoms with Gasteiger partial charge in [-0.3, -0.25) is 9.78 Å². The molecular weight excluding hydrogens is 398 g/mol. The largest absolute Gasteiger partial charge is 0.365 e. The number of fused-ring (bicyclic) bond motifs is 1. The lowest BCUT2D eigenvalue weighted by Crippen LogP contribution is -2.12. The van der Waals surface area contributed by atoms with Crippen LogP contribution < -0.4 is 10.6 Å². The molecular formula is C23H20ClN5O. The lowest BCUT2D eigenvalue weighted by Gasteiger charge is -2.10. The SMILES string of the molecule is Cc1ccc2c(NCc3ccc(NC(=O)c4ccc(C)nc4)cc3)nc(Cl)nc2c1. The number of aromatic nitrogens is 3. The van der Waals surface area contributed by atoms with Gasteiger partial charge in [0, 0.05) is 29.5 Å².